The number of likely N-dealkylation sites (N-methyl/N-ethyl adjacent to an activating group) is 2. The van der Waals surface area contributed by atoms with Crippen molar-refractivity contribution in [2.45, 2.75) is 32.4 Å². The van der Waals surface area contributed by atoms with Crippen LogP contribution in [0.3, 0.4) is 0 Å². The molecule has 0 radical (unpaired) electrons. The Morgan fingerprint density at radius 2 is 1.88 bits per heavy atom. The summed E-state index contributed by atoms with van der Waals surface area (Å²) in [6, 6.07) is 8.39. The number of hydrogen-bond donors (Lipinski definition) is 3. The van der Waals surface area contributed by atoms with Gasteiger partial charge in [0.2, 0.25) is 17.7 Å². The molecule has 0 aliphatic carbocycles. The highest BCUT2D eigenvalue weighted by molar-refractivity contribution is 6.06. The van der Waals surface area contributed by atoms with E-state index in [-0.39, 0.29) is 30.8 Å². The lowest BCUT2D eigenvalue weighted by Crippen LogP contribution is -2.54. The van der Waals surface area contributed by atoms with Crippen molar-refractivity contribution in [1.82, 2.24) is 34.6 Å². The number of ether oxygens (including phenoxy) is 3. The smallest absolute Gasteiger partial charge is 0.410 e. The number of methoxy groups -OCH3 is 1. The zero-order valence-electron chi connectivity index (χ0n) is 28.7. The molecule has 0 saturated carbocycles. The molecule has 2 amide bonds. The highest BCUT2D eigenvalue weighted by Gasteiger charge is 2.29. The fourth-order valence-corrected chi connectivity index (χ4v) is 5.31. The third-order valence-electron chi connectivity index (χ3n) is 7.95. The fraction of sp³-hybridized carbons (Fsp3) is 0.441. The molecule has 262 valence electrons. The first-order valence-electron chi connectivity index (χ1n) is 16.1. The predicted molar refractivity (Wildman–Crippen MR) is 185 cm³/mol. The van der Waals surface area contributed by atoms with Gasteiger partial charge in [-0.1, -0.05) is 12.1 Å². The third-order valence-corrected chi connectivity index (χ3v) is 7.95. The van der Waals surface area contributed by atoms with Gasteiger partial charge in [-0.25, -0.2) is 24.1 Å². The molecule has 4 heterocycles. The molecule has 49 heavy (non-hydrogen) atoms. The molecule has 0 unspecified atom stereocenters. The molecular weight excluding hydrogens is 633 g/mol. The predicted octanol–water partition coefficient (Wildman–Crippen LogP) is 4.35. The van der Waals surface area contributed by atoms with Crippen molar-refractivity contribution < 1.29 is 28.2 Å². The Morgan fingerprint density at radius 3 is 2.57 bits per heavy atom. The second kappa shape index (κ2) is 15.6. The number of rotatable bonds is 12. The highest BCUT2D eigenvalue weighted by atomic mass is 19.1. The fourth-order valence-electron chi connectivity index (χ4n) is 5.31. The summed E-state index contributed by atoms with van der Waals surface area (Å²) < 4.78 is 31.6. The van der Waals surface area contributed by atoms with Gasteiger partial charge >= 0.3 is 6.09 Å². The molecule has 1 atom stereocenters. The van der Waals surface area contributed by atoms with Crippen LogP contribution < -0.4 is 15.4 Å². The zero-order chi connectivity index (χ0) is 35.1. The minimum Gasteiger partial charge on any atom is -0.476 e. The molecule has 15 heteroatoms. The lowest BCUT2D eigenvalue weighted by atomic mass is 10.1. The van der Waals surface area contributed by atoms with Crippen LogP contribution in [-0.4, -0.2) is 125 Å². The standard InChI is InChI=1S/C34H44FN9O5/c1-34(2,3)49-33(46)43(5)16-17-48-28-11-10-22(18-36-28)39-32-38-20-25(35)29(41-32)24-19-37-30-23(24)8-7-9-26(30)40-31(45)27(21-47-6)44-14-12-42(4)13-15-44/h7-11,18-20,27,37H,12-17,21H2,1-6H3,(H,40,45)(H,38,39,41)/t27-/m1/s1. The zero-order valence-corrected chi connectivity index (χ0v) is 28.7. The number of nitrogens with one attached hydrogen (secondary N) is 3. The summed E-state index contributed by atoms with van der Waals surface area (Å²) in [5.74, 6) is -0.246. The van der Waals surface area contributed by atoms with Crippen LogP contribution in [-0.2, 0) is 14.3 Å². The molecular formula is C34H44FN9O5. The van der Waals surface area contributed by atoms with E-state index in [2.05, 4.69) is 47.4 Å². The maximum Gasteiger partial charge on any atom is 0.410 e. The van der Waals surface area contributed by atoms with Crippen LogP contribution in [0.25, 0.3) is 22.2 Å². The van der Waals surface area contributed by atoms with Crippen LogP contribution in [0.4, 0.5) is 26.5 Å². The number of aromatic amines is 1. The van der Waals surface area contributed by atoms with Crippen LogP contribution in [0.2, 0.25) is 0 Å². The monoisotopic (exact) mass is 677 g/mol. The number of pyridine rings is 1. The lowest BCUT2D eigenvalue weighted by molar-refractivity contribution is -0.124. The number of nitrogens with zero attached hydrogens (tertiary/aromatic N) is 6. The molecule has 1 aliphatic rings. The van der Waals surface area contributed by atoms with E-state index < -0.39 is 23.6 Å². The summed E-state index contributed by atoms with van der Waals surface area (Å²) in [4.78, 5) is 47.4. The molecule has 1 saturated heterocycles. The van der Waals surface area contributed by atoms with E-state index in [0.29, 0.717) is 40.3 Å². The maximum absolute atomic E-state index is 15.2. The molecule has 1 fully saturated rings. The van der Waals surface area contributed by atoms with Crippen molar-refractivity contribution in [2.75, 3.05) is 77.8 Å². The topological polar surface area (TPSA) is 150 Å². The van der Waals surface area contributed by atoms with Crippen molar-refractivity contribution in [3.05, 3.63) is 54.7 Å². The Hall–Kier alpha value is -4.86. The molecule has 3 N–H and O–H groups in total. The van der Waals surface area contributed by atoms with Crippen LogP contribution in [0.15, 0.2) is 48.9 Å². The summed E-state index contributed by atoms with van der Waals surface area (Å²) in [5.41, 5.74) is 1.80. The van der Waals surface area contributed by atoms with Crippen LogP contribution in [0, 0.1) is 5.82 Å². The number of para-hydroxylation sites is 1. The van der Waals surface area contributed by atoms with E-state index in [9.17, 15) is 9.59 Å². The molecule has 4 aromatic rings. The third kappa shape index (κ3) is 9.19. The maximum atomic E-state index is 15.2. The van der Waals surface area contributed by atoms with Crippen LogP contribution in [0.1, 0.15) is 20.8 Å². The average Bonchev–Trinajstić information content (AvgIpc) is 3.50. The minimum absolute atomic E-state index is 0.0870. The molecule has 1 aliphatic heterocycles. The van der Waals surface area contributed by atoms with Gasteiger partial charge < -0.3 is 39.6 Å². The Bertz CT molecular complexity index is 1740. The second-order valence-corrected chi connectivity index (χ2v) is 12.9. The van der Waals surface area contributed by atoms with Gasteiger partial charge in [0, 0.05) is 63.5 Å². The van der Waals surface area contributed by atoms with Gasteiger partial charge in [0.05, 0.1) is 42.4 Å². The summed E-state index contributed by atoms with van der Waals surface area (Å²) in [7, 11) is 5.29. The van der Waals surface area contributed by atoms with Gasteiger partial charge in [-0.05, 0) is 40.0 Å². The Kier molecular flexibility index (Phi) is 11.3. The lowest BCUT2D eigenvalue weighted by Gasteiger charge is -2.36. The Labute approximate surface area is 285 Å². The number of piperazine rings is 1. The molecule has 1 aromatic carbocycles. The number of carbonyl (C=O) groups is 2. The van der Waals surface area contributed by atoms with Gasteiger partial charge in [0.15, 0.2) is 5.82 Å². The molecule has 0 bridgehead atoms. The summed E-state index contributed by atoms with van der Waals surface area (Å²) >= 11 is 0. The number of halogens is 1. The van der Waals surface area contributed by atoms with Crippen LogP contribution in [0.5, 0.6) is 5.88 Å². The summed E-state index contributed by atoms with van der Waals surface area (Å²) in [6.07, 6.45) is 3.87. The first-order chi connectivity index (χ1) is 23.4. The van der Waals surface area contributed by atoms with Gasteiger partial charge in [-0.3, -0.25) is 9.69 Å². The molecule has 0 spiro atoms. The number of benzene rings is 1. The highest BCUT2D eigenvalue weighted by Crippen LogP contribution is 2.33. The number of amides is 2. The molecule has 3 aromatic heterocycles. The normalized spacial score (nSPS) is 14.8. The first-order valence-corrected chi connectivity index (χ1v) is 16.1. The Balaban J connectivity index is 1.24. The van der Waals surface area contributed by atoms with Gasteiger partial charge in [0.1, 0.15) is 23.9 Å². The quantitative estimate of drug-likeness (QED) is 0.196. The second-order valence-electron chi connectivity index (χ2n) is 12.9. The van der Waals surface area contributed by atoms with Crippen molar-refractivity contribution in [2.24, 2.45) is 0 Å². The first kappa shape index (κ1) is 35.4. The van der Waals surface area contributed by atoms with E-state index in [4.69, 9.17) is 14.2 Å². The average molecular weight is 678 g/mol. The SMILES string of the molecule is COC[C@H](C(=O)Nc1cccc2c(-c3nc(Nc4ccc(OCCN(C)C(=O)OC(C)(C)C)nc4)ncc3F)c[nH]c12)N1CCN(C)CC1. The number of carbonyl (C=O) groups excluding carboxylic acids is 2. The molecule has 5 rings (SSSR count). The Morgan fingerprint density at radius 1 is 1.10 bits per heavy atom. The number of aromatic nitrogens is 4. The van der Waals surface area contributed by atoms with E-state index in [0.717, 1.165) is 32.4 Å². The number of anilines is 3. The number of hydrogen-bond acceptors (Lipinski definition) is 11. The minimum atomic E-state index is -0.602. The van der Waals surface area contributed by atoms with Gasteiger partial charge in [-0.15, -0.1) is 0 Å². The van der Waals surface area contributed by atoms with E-state index >= 15 is 4.39 Å². The van der Waals surface area contributed by atoms with Crippen molar-refractivity contribution in [3.63, 3.8) is 0 Å². The van der Waals surface area contributed by atoms with E-state index in [1.807, 2.05) is 26.8 Å². The molecule has 14 nitrogen and oxygen atoms in total. The van der Waals surface area contributed by atoms with E-state index in [1.165, 1.54) is 4.90 Å². The van der Waals surface area contributed by atoms with Gasteiger partial charge in [0.25, 0.3) is 0 Å². The van der Waals surface area contributed by atoms with Crippen molar-refractivity contribution in [3.8, 4) is 17.1 Å². The van der Waals surface area contributed by atoms with Crippen molar-refractivity contribution in [1.29, 1.82) is 0 Å². The number of H-pyrrole nitrogens is 1. The summed E-state index contributed by atoms with van der Waals surface area (Å²) in [6.45, 7) is 9.50. The van der Waals surface area contributed by atoms with Crippen LogP contribution >= 0.6 is 0 Å². The summed E-state index contributed by atoms with van der Waals surface area (Å²) in [5, 5.41) is 6.79. The largest absolute Gasteiger partial charge is 0.476 e. The van der Waals surface area contributed by atoms with Crippen molar-refractivity contribution >= 4 is 40.2 Å². The van der Waals surface area contributed by atoms with Gasteiger partial charge in [-0.2, -0.15) is 0 Å². The van der Waals surface area contributed by atoms with E-state index in [1.54, 1.807) is 50.8 Å². The number of fused-ring (bicyclic) bond motifs is 1.